The molecule has 0 unspecified atom stereocenters. The molecule has 0 aromatic heterocycles. The van der Waals surface area contributed by atoms with Gasteiger partial charge in [-0.05, 0) is 45.4 Å². The van der Waals surface area contributed by atoms with Crippen LogP contribution in [-0.2, 0) is 11.3 Å². The van der Waals surface area contributed by atoms with Gasteiger partial charge in [-0.2, -0.15) is 0 Å². The van der Waals surface area contributed by atoms with Crippen LogP contribution in [0.2, 0.25) is 0 Å². The largest absolute Gasteiger partial charge is 0.444 e. The topological polar surface area (TPSA) is 95.1 Å². The van der Waals surface area contributed by atoms with E-state index in [2.05, 4.69) is 20.9 Å². The van der Waals surface area contributed by atoms with Crippen LogP contribution in [0.15, 0.2) is 29.3 Å². The number of carbonyl (C=O) groups is 2. The first kappa shape index (κ1) is 21.5. The van der Waals surface area contributed by atoms with Gasteiger partial charge in [-0.15, -0.1) is 0 Å². The van der Waals surface area contributed by atoms with E-state index in [9.17, 15) is 9.59 Å². The van der Waals surface area contributed by atoms with E-state index in [1.54, 1.807) is 18.0 Å². The van der Waals surface area contributed by atoms with Crippen molar-refractivity contribution in [3.63, 3.8) is 0 Å². The molecule has 0 atom stereocenters. The zero-order chi connectivity index (χ0) is 20.7. The number of amides is 2. The van der Waals surface area contributed by atoms with E-state index >= 15 is 0 Å². The number of rotatable bonds is 5. The number of hydrogen-bond acceptors (Lipinski definition) is 4. The quantitative estimate of drug-likeness (QED) is 0.527. The Labute approximate surface area is 166 Å². The molecule has 8 nitrogen and oxygen atoms in total. The van der Waals surface area contributed by atoms with Gasteiger partial charge in [-0.1, -0.05) is 12.1 Å². The average Bonchev–Trinajstić information content (AvgIpc) is 2.59. The minimum Gasteiger partial charge on any atom is -0.444 e. The van der Waals surface area contributed by atoms with Gasteiger partial charge in [-0.25, -0.2) is 4.79 Å². The number of guanidine groups is 1. The molecular formula is C20H31N5O3. The van der Waals surface area contributed by atoms with E-state index in [4.69, 9.17) is 4.74 Å². The van der Waals surface area contributed by atoms with Gasteiger partial charge >= 0.3 is 6.09 Å². The van der Waals surface area contributed by atoms with E-state index in [0.717, 1.165) is 5.56 Å². The Balaban J connectivity index is 1.80. The molecule has 0 saturated carbocycles. The first-order valence-electron chi connectivity index (χ1n) is 9.54. The molecule has 3 N–H and O–H groups in total. The van der Waals surface area contributed by atoms with Gasteiger partial charge in [0.05, 0.1) is 6.04 Å². The van der Waals surface area contributed by atoms with E-state index in [1.807, 2.05) is 45.9 Å². The maximum absolute atomic E-state index is 12.0. The van der Waals surface area contributed by atoms with Gasteiger partial charge in [0, 0.05) is 38.8 Å². The Morgan fingerprint density at radius 2 is 1.96 bits per heavy atom. The number of likely N-dealkylation sites (tertiary alicyclic amines) is 1. The predicted molar refractivity (Wildman–Crippen MR) is 109 cm³/mol. The molecule has 1 aromatic carbocycles. The molecule has 1 aliphatic rings. The fourth-order valence-electron chi connectivity index (χ4n) is 2.70. The van der Waals surface area contributed by atoms with Crippen molar-refractivity contribution in [3.05, 3.63) is 35.4 Å². The molecule has 154 valence electrons. The average molecular weight is 390 g/mol. The summed E-state index contributed by atoms with van der Waals surface area (Å²) in [4.78, 5) is 29.8. The molecule has 0 aliphatic carbocycles. The zero-order valence-electron chi connectivity index (χ0n) is 17.3. The molecule has 1 aliphatic heterocycles. The number of carbonyl (C=O) groups excluding carboxylic acids is 2. The van der Waals surface area contributed by atoms with Gasteiger partial charge in [0.1, 0.15) is 5.60 Å². The number of nitrogens with one attached hydrogen (secondary N) is 3. The van der Waals surface area contributed by atoms with Gasteiger partial charge in [0.25, 0.3) is 5.91 Å². The van der Waals surface area contributed by atoms with Crippen molar-refractivity contribution in [2.24, 2.45) is 4.99 Å². The molecule has 1 heterocycles. The smallest absolute Gasteiger partial charge is 0.410 e. The van der Waals surface area contributed by atoms with Crippen LogP contribution in [0, 0.1) is 0 Å². The summed E-state index contributed by atoms with van der Waals surface area (Å²) in [6, 6.07) is 7.60. The lowest BCUT2D eigenvalue weighted by Crippen LogP contribution is -2.63. The van der Waals surface area contributed by atoms with Crippen molar-refractivity contribution in [3.8, 4) is 0 Å². The van der Waals surface area contributed by atoms with Crippen LogP contribution in [0.5, 0.6) is 0 Å². The molecule has 8 heteroatoms. The second-order valence-corrected chi connectivity index (χ2v) is 7.71. The third kappa shape index (κ3) is 6.44. The molecule has 1 saturated heterocycles. The van der Waals surface area contributed by atoms with Crippen molar-refractivity contribution >= 4 is 18.0 Å². The number of nitrogens with zero attached hydrogens (tertiary/aromatic N) is 2. The van der Waals surface area contributed by atoms with Gasteiger partial charge in [0.2, 0.25) is 0 Å². The number of hydrogen-bond donors (Lipinski definition) is 3. The normalized spacial score (nSPS) is 14.9. The monoisotopic (exact) mass is 389 g/mol. The van der Waals surface area contributed by atoms with Crippen LogP contribution in [-0.4, -0.2) is 61.2 Å². The maximum Gasteiger partial charge on any atom is 0.410 e. The number of aliphatic imine (C=N–C) groups is 1. The van der Waals surface area contributed by atoms with Crippen molar-refractivity contribution < 1.29 is 14.3 Å². The highest BCUT2D eigenvalue weighted by Crippen LogP contribution is 2.15. The summed E-state index contributed by atoms with van der Waals surface area (Å²) < 4.78 is 5.36. The number of benzene rings is 1. The van der Waals surface area contributed by atoms with Crippen LogP contribution in [0.1, 0.15) is 43.6 Å². The van der Waals surface area contributed by atoms with Crippen molar-refractivity contribution in [2.75, 3.05) is 26.7 Å². The van der Waals surface area contributed by atoms with E-state index in [1.165, 1.54) is 0 Å². The van der Waals surface area contributed by atoms with Crippen molar-refractivity contribution in [1.29, 1.82) is 0 Å². The molecule has 0 spiro atoms. The Bertz CT molecular complexity index is 721. The molecule has 2 amide bonds. The SMILES string of the molecule is CCNC(=O)c1cccc(CNC(=NC)NC2CN(C(=O)OC(C)(C)C)C2)c1. The van der Waals surface area contributed by atoms with Gasteiger partial charge < -0.3 is 25.6 Å². The molecule has 2 rings (SSSR count). The van der Waals surface area contributed by atoms with Gasteiger partial charge in [-0.3, -0.25) is 9.79 Å². The van der Waals surface area contributed by atoms with Crippen LogP contribution in [0.4, 0.5) is 4.79 Å². The standard InChI is InChI=1S/C20H31N5O3/c1-6-22-17(26)15-9-7-8-14(10-15)11-23-18(21-5)24-16-12-25(13-16)19(27)28-20(2,3)4/h7-10,16H,6,11-13H2,1-5H3,(H,22,26)(H2,21,23,24). The zero-order valence-corrected chi connectivity index (χ0v) is 17.3. The van der Waals surface area contributed by atoms with Gasteiger partial charge in [0.15, 0.2) is 5.96 Å². The highest BCUT2D eigenvalue weighted by molar-refractivity contribution is 5.94. The highest BCUT2D eigenvalue weighted by Gasteiger charge is 2.34. The van der Waals surface area contributed by atoms with Crippen LogP contribution in [0.25, 0.3) is 0 Å². The first-order valence-corrected chi connectivity index (χ1v) is 9.54. The summed E-state index contributed by atoms with van der Waals surface area (Å²) in [5.74, 6) is 0.570. The van der Waals surface area contributed by atoms with Crippen LogP contribution >= 0.6 is 0 Å². The fraction of sp³-hybridized carbons (Fsp3) is 0.550. The third-order valence-electron chi connectivity index (χ3n) is 4.08. The predicted octanol–water partition coefficient (Wildman–Crippen LogP) is 1.72. The lowest BCUT2D eigenvalue weighted by Gasteiger charge is -2.40. The summed E-state index contributed by atoms with van der Waals surface area (Å²) in [6.07, 6.45) is -0.296. The Kier molecular flexibility index (Phi) is 7.25. The third-order valence-corrected chi connectivity index (χ3v) is 4.08. The van der Waals surface area contributed by atoms with E-state index in [-0.39, 0.29) is 18.0 Å². The van der Waals surface area contributed by atoms with Crippen LogP contribution in [0.3, 0.4) is 0 Å². The molecular weight excluding hydrogens is 358 g/mol. The summed E-state index contributed by atoms with van der Waals surface area (Å²) in [5, 5.41) is 9.32. The molecule has 28 heavy (non-hydrogen) atoms. The lowest BCUT2D eigenvalue weighted by atomic mass is 10.1. The minimum absolute atomic E-state index is 0.0800. The number of ether oxygens (including phenoxy) is 1. The Morgan fingerprint density at radius 3 is 2.57 bits per heavy atom. The summed E-state index contributed by atoms with van der Waals surface area (Å²) in [6.45, 7) is 9.73. The highest BCUT2D eigenvalue weighted by atomic mass is 16.6. The first-order chi connectivity index (χ1) is 13.2. The lowest BCUT2D eigenvalue weighted by molar-refractivity contribution is 0.00700. The molecule has 1 aromatic rings. The Morgan fingerprint density at radius 1 is 1.25 bits per heavy atom. The second-order valence-electron chi connectivity index (χ2n) is 7.71. The van der Waals surface area contributed by atoms with E-state index in [0.29, 0.717) is 37.7 Å². The van der Waals surface area contributed by atoms with Crippen molar-refractivity contribution in [2.45, 2.75) is 45.9 Å². The summed E-state index contributed by atoms with van der Waals surface area (Å²) in [7, 11) is 1.70. The Hall–Kier alpha value is -2.77. The molecule has 0 bridgehead atoms. The van der Waals surface area contributed by atoms with E-state index < -0.39 is 5.60 Å². The summed E-state index contributed by atoms with van der Waals surface area (Å²) in [5.41, 5.74) is 1.13. The minimum atomic E-state index is -0.490. The second kappa shape index (κ2) is 9.43. The van der Waals surface area contributed by atoms with Crippen molar-refractivity contribution in [1.82, 2.24) is 20.9 Å². The maximum atomic E-state index is 12.0. The summed E-state index contributed by atoms with van der Waals surface area (Å²) >= 11 is 0. The van der Waals surface area contributed by atoms with Crippen LogP contribution < -0.4 is 16.0 Å². The molecule has 0 radical (unpaired) electrons. The molecule has 1 fully saturated rings. The fourth-order valence-corrected chi connectivity index (χ4v) is 2.70.